The Morgan fingerprint density at radius 2 is 2.33 bits per heavy atom. The van der Waals surface area contributed by atoms with E-state index in [4.69, 9.17) is 16.3 Å². The second kappa shape index (κ2) is 6.54. The molecule has 1 aromatic carbocycles. The number of amides is 2. The monoisotopic (exact) mass is 312 g/mol. The molecule has 1 aliphatic carbocycles. The molecule has 0 heterocycles. The summed E-state index contributed by atoms with van der Waals surface area (Å²) in [7, 11) is 1.55. The maximum atomic E-state index is 12.1. The number of methoxy groups -OCH3 is 1. The lowest BCUT2D eigenvalue weighted by Crippen LogP contribution is -2.46. The van der Waals surface area contributed by atoms with Crippen molar-refractivity contribution in [1.29, 1.82) is 0 Å². The molecule has 0 radical (unpaired) electrons. The van der Waals surface area contributed by atoms with E-state index in [-0.39, 0.29) is 24.1 Å². The molecule has 21 heavy (non-hydrogen) atoms. The lowest BCUT2D eigenvalue weighted by Gasteiger charge is -2.30. The van der Waals surface area contributed by atoms with Crippen LogP contribution in [0.25, 0.3) is 0 Å². The van der Waals surface area contributed by atoms with Crippen LogP contribution in [0.1, 0.15) is 26.2 Å². The van der Waals surface area contributed by atoms with E-state index in [2.05, 4.69) is 10.6 Å². The van der Waals surface area contributed by atoms with Gasteiger partial charge < -0.3 is 20.5 Å². The molecule has 2 atom stereocenters. The molecular formula is C15H21ClN2O3. The van der Waals surface area contributed by atoms with E-state index in [9.17, 15) is 9.90 Å². The van der Waals surface area contributed by atoms with Gasteiger partial charge in [0.05, 0.1) is 24.4 Å². The number of ether oxygens (including phenoxy) is 1. The van der Waals surface area contributed by atoms with Crippen LogP contribution < -0.4 is 15.4 Å². The van der Waals surface area contributed by atoms with Crippen LogP contribution >= 0.6 is 11.6 Å². The predicted molar refractivity (Wildman–Crippen MR) is 83.0 cm³/mol. The molecule has 0 aliphatic heterocycles. The maximum absolute atomic E-state index is 12.1. The molecule has 6 heteroatoms. The molecule has 0 saturated heterocycles. The van der Waals surface area contributed by atoms with Crippen molar-refractivity contribution in [3.63, 3.8) is 0 Å². The minimum absolute atomic E-state index is 0.0353. The number of urea groups is 1. The summed E-state index contributed by atoms with van der Waals surface area (Å²) >= 11 is 6.06. The van der Waals surface area contributed by atoms with Crippen molar-refractivity contribution in [2.45, 2.75) is 32.2 Å². The number of anilines is 1. The third-order valence-electron chi connectivity index (χ3n) is 4.17. The molecule has 1 aliphatic rings. The molecule has 2 unspecified atom stereocenters. The van der Waals surface area contributed by atoms with Crippen molar-refractivity contribution >= 4 is 23.3 Å². The smallest absolute Gasteiger partial charge is 0.319 e. The standard InChI is InChI=1S/C15H21ClN2O3/c1-15(9-19)7-3-4-13(15)18-14(20)17-12-8-10(21-2)5-6-11(12)16/h5-6,8,13,19H,3-4,7,9H2,1-2H3,(H2,17,18,20). The van der Waals surface area contributed by atoms with E-state index < -0.39 is 0 Å². The fourth-order valence-corrected chi connectivity index (χ4v) is 2.88. The summed E-state index contributed by atoms with van der Waals surface area (Å²) in [6, 6.07) is 4.71. The molecule has 1 saturated carbocycles. The van der Waals surface area contributed by atoms with E-state index in [0.717, 1.165) is 19.3 Å². The first-order valence-electron chi connectivity index (χ1n) is 7.00. The highest BCUT2D eigenvalue weighted by Crippen LogP contribution is 2.37. The Bertz CT molecular complexity index is 524. The summed E-state index contributed by atoms with van der Waals surface area (Å²) in [6.07, 6.45) is 2.78. The van der Waals surface area contributed by atoms with Gasteiger partial charge in [-0.2, -0.15) is 0 Å². The van der Waals surface area contributed by atoms with Crippen molar-refractivity contribution in [2.75, 3.05) is 19.0 Å². The third-order valence-corrected chi connectivity index (χ3v) is 4.50. The van der Waals surface area contributed by atoms with Crippen LogP contribution in [-0.4, -0.2) is 30.9 Å². The van der Waals surface area contributed by atoms with E-state index >= 15 is 0 Å². The van der Waals surface area contributed by atoms with Gasteiger partial charge in [0.2, 0.25) is 0 Å². The zero-order chi connectivity index (χ0) is 15.5. The molecule has 0 spiro atoms. The van der Waals surface area contributed by atoms with Crippen molar-refractivity contribution in [1.82, 2.24) is 5.32 Å². The number of aliphatic hydroxyl groups is 1. The molecule has 0 bridgehead atoms. The molecule has 3 N–H and O–H groups in total. The van der Waals surface area contributed by atoms with Gasteiger partial charge in [0.1, 0.15) is 5.75 Å². The van der Waals surface area contributed by atoms with Gasteiger partial charge >= 0.3 is 6.03 Å². The van der Waals surface area contributed by atoms with Crippen LogP contribution in [0.2, 0.25) is 5.02 Å². The lowest BCUT2D eigenvalue weighted by atomic mass is 9.86. The van der Waals surface area contributed by atoms with Gasteiger partial charge in [0, 0.05) is 17.5 Å². The van der Waals surface area contributed by atoms with Crippen LogP contribution in [-0.2, 0) is 0 Å². The molecule has 2 rings (SSSR count). The maximum Gasteiger partial charge on any atom is 0.319 e. The summed E-state index contributed by atoms with van der Waals surface area (Å²) in [5.74, 6) is 0.621. The Morgan fingerprint density at radius 1 is 1.57 bits per heavy atom. The Balaban J connectivity index is 2.02. The number of aliphatic hydroxyl groups excluding tert-OH is 1. The zero-order valence-electron chi connectivity index (χ0n) is 12.3. The summed E-state index contributed by atoms with van der Waals surface area (Å²) in [5.41, 5.74) is 0.243. The van der Waals surface area contributed by atoms with Crippen molar-refractivity contribution < 1.29 is 14.6 Å². The normalized spacial score (nSPS) is 24.7. The lowest BCUT2D eigenvalue weighted by molar-refractivity contribution is 0.122. The first kappa shape index (κ1) is 15.9. The number of halogens is 1. The summed E-state index contributed by atoms with van der Waals surface area (Å²) in [6.45, 7) is 2.06. The van der Waals surface area contributed by atoms with Gasteiger partial charge in [-0.1, -0.05) is 24.9 Å². The predicted octanol–water partition coefficient (Wildman–Crippen LogP) is 3.02. The SMILES string of the molecule is COc1ccc(Cl)c(NC(=O)NC2CCCC2(C)CO)c1. The van der Waals surface area contributed by atoms with Crippen LogP contribution in [0.4, 0.5) is 10.5 Å². The minimum atomic E-state index is -0.322. The van der Waals surface area contributed by atoms with Gasteiger partial charge in [-0.3, -0.25) is 0 Å². The van der Waals surface area contributed by atoms with E-state index in [1.165, 1.54) is 0 Å². The van der Waals surface area contributed by atoms with E-state index in [1.807, 2.05) is 6.92 Å². The molecular weight excluding hydrogens is 292 g/mol. The Hall–Kier alpha value is -1.46. The highest BCUT2D eigenvalue weighted by molar-refractivity contribution is 6.33. The third kappa shape index (κ3) is 3.60. The molecule has 1 fully saturated rings. The first-order valence-corrected chi connectivity index (χ1v) is 7.38. The van der Waals surface area contributed by atoms with Crippen molar-refractivity contribution in [2.24, 2.45) is 5.41 Å². The van der Waals surface area contributed by atoms with Crippen LogP contribution in [0, 0.1) is 5.41 Å². The van der Waals surface area contributed by atoms with Gasteiger partial charge in [-0.25, -0.2) is 4.79 Å². The first-order chi connectivity index (χ1) is 9.98. The quantitative estimate of drug-likeness (QED) is 0.800. The largest absolute Gasteiger partial charge is 0.497 e. The van der Waals surface area contributed by atoms with Crippen molar-refractivity contribution in [3.05, 3.63) is 23.2 Å². The fourth-order valence-electron chi connectivity index (χ4n) is 2.71. The van der Waals surface area contributed by atoms with Crippen LogP contribution in [0.15, 0.2) is 18.2 Å². The minimum Gasteiger partial charge on any atom is -0.497 e. The van der Waals surface area contributed by atoms with E-state index in [1.54, 1.807) is 25.3 Å². The number of benzene rings is 1. The zero-order valence-corrected chi connectivity index (χ0v) is 13.0. The highest BCUT2D eigenvalue weighted by atomic mass is 35.5. The molecule has 1 aromatic rings. The van der Waals surface area contributed by atoms with Gasteiger partial charge in [0.15, 0.2) is 0 Å². The fraction of sp³-hybridized carbons (Fsp3) is 0.533. The summed E-state index contributed by atoms with van der Waals surface area (Å²) < 4.78 is 5.11. The van der Waals surface area contributed by atoms with E-state index in [0.29, 0.717) is 16.5 Å². The number of carbonyl (C=O) groups excluding carboxylic acids is 1. The summed E-state index contributed by atoms with van der Waals surface area (Å²) in [4.78, 5) is 12.1. The Morgan fingerprint density at radius 3 is 3.00 bits per heavy atom. The van der Waals surface area contributed by atoms with Gasteiger partial charge in [-0.05, 0) is 25.0 Å². The number of hydrogen-bond acceptors (Lipinski definition) is 3. The second-order valence-electron chi connectivity index (χ2n) is 5.70. The molecule has 2 amide bonds. The van der Waals surface area contributed by atoms with Crippen LogP contribution in [0.3, 0.4) is 0 Å². The second-order valence-corrected chi connectivity index (χ2v) is 6.11. The number of carbonyl (C=O) groups is 1. The topological polar surface area (TPSA) is 70.6 Å². The molecule has 0 aromatic heterocycles. The number of nitrogens with one attached hydrogen (secondary N) is 2. The Kier molecular flexibility index (Phi) is 4.96. The van der Waals surface area contributed by atoms with Crippen molar-refractivity contribution in [3.8, 4) is 5.75 Å². The average molecular weight is 313 g/mol. The molecule has 5 nitrogen and oxygen atoms in total. The number of hydrogen-bond donors (Lipinski definition) is 3. The number of rotatable bonds is 4. The average Bonchev–Trinajstić information content (AvgIpc) is 2.83. The van der Waals surface area contributed by atoms with Crippen LogP contribution in [0.5, 0.6) is 5.75 Å². The summed E-state index contributed by atoms with van der Waals surface area (Å²) in [5, 5.41) is 15.6. The molecule has 116 valence electrons. The Labute approximate surface area is 129 Å². The van der Waals surface area contributed by atoms with Gasteiger partial charge in [-0.15, -0.1) is 0 Å². The van der Waals surface area contributed by atoms with Gasteiger partial charge in [0.25, 0.3) is 0 Å². The highest BCUT2D eigenvalue weighted by Gasteiger charge is 2.39.